The van der Waals surface area contributed by atoms with Crippen LogP contribution in [0.1, 0.15) is 67.1 Å². The van der Waals surface area contributed by atoms with Crippen molar-refractivity contribution >= 4 is 17.5 Å². The molecule has 1 aliphatic rings. The number of rotatable bonds is 7. The van der Waals surface area contributed by atoms with E-state index in [2.05, 4.69) is 77.1 Å². The van der Waals surface area contributed by atoms with Gasteiger partial charge in [-0.05, 0) is 86.4 Å². The molecule has 0 aliphatic carbocycles. The van der Waals surface area contributed by atoms with E-state index in [1.165, 1.54) is 22.3 Å². The first-order valence-corrected chi connectivity index (χ1v) is 12.2. The van der Waals surface area contributed by atoms with E-state index in [1.54, 1.807) is 0 Å². The average Bonchev–Trinajstić information content (AvgIpc) is 3.18. The molecule has 0 saturated carbocycles. The van der Waals surface area contributed by atoms with Crippen LogP contribution in [0, 0.1) is 13.8 Å². The lowest BCUT2D eigenvalue weighted by Crippen LogP contribution is -2.17. The molecule has 2 heterocycles. The Morgan fingerprint density at radius 1 is 0.970 bits per heavy atom. The van der Waals surface area contributed by atoms with Gasteiger partial charge in [-0.2, -0.15) is 0 Å². The maximum absolute atomic E-state index is 6.42. The van der Waals surface area contributed by atoms with Gasteiger partial charge < -0.3 is 4.74 Å². The molecule has 4 rings (SSSR count). The number of halogens is 1. The third-order valence-corrected chi connectivity index (χ3v) is 6.81. The SMILES string of the molecule is CCCCc1nc(Cl)c(C)c(C)c1Cc1ccc(-c2ccccc2C2=NC(C)(C)CO2)cc1. The van der Waals surface area contributed by atoms with E-state index < -0.39 is 0 Å². The topological polar surface area (TPSA) is 34.5 Å². The van der Waals surface area contributed by atoms with Crippen LogP contribution in [0.25, 0.3) is 11.1 Å². The Hall–Kier alpha value is -2.65. The molecule has 1 aromatic heterocycles. The van der Waals surface area contributed by atoms with Crippen LogP contribution in [-0.2, 0) is 17.6 Å². The minimum absolute atomic E-state index is 0.176. The number of nitrogens with zero attached hydrogens (tertiary/aromatic N) is 2. The summed E-state index contributed by atoms with van der Waals surface area (Å²) in [6, 6.07) is 17.2. The Morgan fingerprint density at radius 2 is 1.67 bits per heavy atom. The highest BCUT2D eigenvalue weighted by atomic mass is 35.5. The van der Waals surface area contributed by atoms with E-state index in [0.717, 1.165) is 54.0 Å². The molecule has 3 nitrogen and oxygen atoms in total. The second-order valence-electron chi connectivity index (χ2n) is 9.62. The number of aliphatic imine (C=N–C) groups is 1. The van der Waals surface area contributed by atoms with Crippen LogP contribution in [0.4, 0.5) is 0 Å². The molecule has 0 bridgehead atoms. The number of hydrogen-bond donors (Lipinski definition) is 0. The van der Waals surface area contributed by atoms with Gasteiger partial charge in [0, 0.05) is 11.3 Å². The number of benzene rings is 2. The summed E-state index contributed by atoms with van der Waals surface area (Å²) in [7, 11) is 0. The molecule has 0 radical (unpaired) electrons. The van der Waals surface area contributed by atoms with E-state index in [4.69, 9.17) is 26.3 Å². The summed E-state index contributed by atoms with van der Waals surface area (Å²) in [4.78, 5) is 9.52. The number of aryl methyl sites for hydroxylation is 1. The second kappa shape index (κ2) is 9.69. The van der Waals surface area contributed by atoms with Crippen molar-refractivity contribution in [2.75, 3.05) is 6.61 Å². The summed E-state index contributed by atoms with van der Waals surface area (Å²) < 4.78 is 5.93. The molecule has 4 heteroatoms. The molecule has 1 aliphatic heterocycles. The Morgan fingerprint density at radius 3 is 2.30 bits per heavy atom. The molecule has 0 amide bonds. The number of hydrogen-bond acceptors (Lipinski definition) is 3. The largest absolute Gasteiger partial charge is 0.475 e. The second-order valence-corrected chi connectivity index (χ2v) is 9.98. The van der Waals surface area contributed by atoms with Gasteiger partial charge in [0.15, 0.2) is 0 Å². The first-order chi connectivity index (χ1) is 15.8. The smallest absolute Gasteiger partial charge is 0.217 e. The molecular formula is C29H33ClN2O. The predicted octanol–water partition coefficient (Wildman–Crippen LogP) is 7.51. The van der Waals surface area contributed by atoms with Gasteiger partial charge in [0.1, 0.15) is 11.8 Å². The Kier molecular flexibility index (Phi) is 6.90. The quantitative estimate of drug-likeness (QED) is 0.342. The zero-order valence-corrected chi connectivity index (χ0v) is 21.1. The van der Waals surface area contributed by atoms with Crippen LogP contribution in [0.15, 0.2) is 53.5 Å². The molecule has 2 aromatic carbocycles. The van der Waals surface area contributed by atoms with Crippen LogP contribution < -0.4 is 0 Å². The summed E-state index contributed by atoms with van der Waals surface area (Å²) >= 11 is 6.42. The molecule has 0 spiro atoms. The van der Waals surface area contributed by atoms with Crippen LogP contribution in [-0.4, -0.2) is 23.0 Å². The van der Waals surface area contributed by atoms with E-state index in [9.17, 15) is 0 Å². The van der Waals surface area contributed by atoms with Crippen LogP contribution in [0.3, 0.4) is 0 Å². The third kappa shape index (κ3) is 5.14. The summed E-state index contributed by atoms with van der Waals surface area (Å²) in [6.07, 6.45) is 4.10. The zero-order chi connectivity index (χ0) is 23.6. The molecule has 0 N–H and O–H groups in total. The van der Waals surface area contributed by atoms with Crippen LogP contribution in [0.5, 0.6) is 0 Å². The van der Waals surface area contributed by atoms with Crippen molar-refractivity contribution < 1.29 is 4.74 Å². The minimum atomic E-state index is -0.176. The van der Waals surface area contributed by atoms with E-state index >= 15 is 0 Å². The van der Waals surface area contributed by atoms with Crippen LogP contribution >= 0.6 is 11.6 Å². The molecule has 3 aromatic rings. The van der Waals surface area contributed by atoms with Gasteiger partial charge in [-0.15, -0.1) is 0 Å². The molecule has 0 unspecified atom stereocenters. The Bertz CT molecular complexity index is 1180. The zero-order valence-electron chi connectivity index (χ0n) is 20.3. The highest BCUT2D eigenvalue weighted by Crippen LogP contribution is 2.30. The Balaban J connectivity index is 1.64. The number of aromatic nitrogens is 1. The monoisotopic (exact) mass is 460 g/mol. The third-order valence-electron chi connectivity index (χ3n) is 6.44. The number of ether oxygens (including phenoxy) is 1. The fraction of sp³-hybridized carbons (Fsp3) is 0.379. The molecular weight excluding hydrogens is 428 g/mol. The average molecular weight is 461 g/mol. The van der Waals surface area contributed by atoms with E-state index in [1.807, 2.05) is 6.07 Å². The van der Waals surface area contributed by atoms with Crippen molar-refractivity contribution in [2.45, 2.75) is 65.8 Å². The summed E-state index contributed by atoms with van der Waals surface area (Å²) in [5.41, 5.74) is 9.25. The summed E-state index contributed by atoms with van der Waals surface area (Å²) in [5.74, 6) is 0.735. The fourth-order valence-electron chi connectivity index (χ4n) is 4.30. The van der Waals surface area contributed by atoms with Crippen molar-refractivity contribution in [3.05, 3.63) is 87.2 Å². The van der Waals surface area contributed by atoms with E-state index in [-0.39, 0.29) is 5.54 Å². The lowest BCUT2D eigenvalue weighted by molar-refractivity contribution is 0.279. The van der Waals surface area contributed by atoms with Gasteiger partial charge in [0.2, 0.25) is 5.90 Å². The van der Waals surface area contributed by atoms with Gasteiger partial charge in [-0.1, -0.05) is 67.4 Å². The first kappa shape index (κ1) is 23.5. The van der Waals surface area contributed by atoms with Gasteiger partial charge in [-0.25, -0.2) is 9.98 Å². The molecule has 172 valence electrons. The highest BCUT2D eigenvalue weighted by Gasteiger charge is 2.28. The number of unbranched alkanes of at least 4 members (excludes halogenated alkanes) is 1. The standard InChI is InChI=1S/C29H33ClN2O/c1-6-7-12-26-25(19(2)20(3)27(30)31-26)17-21-13-15-22(16-14-21)23-10-8-9-11-24(23)28-32-29(4,5)18-33-28/h8-11,13-16H,6-7,12,17-18H2,1-5H3. The van der Waals surface area contributed by atoms with Gasteiger partial charge in [0.25, 0.3) is 0 Å². The summed E-state index contributed by atoms with van der Waals surface area (Å²) in [5, 5.41) is 0.634. The van der Waals surface area contributed by atoms with Gasteiger partial charge >= 0.3 is 0 Å². The van der Waals surface area contributed by atoms with Crippen molar-refractivity contribution in [3.8, 4) is 11.1 Å². The molecule has 0 saturated heterocycles. The van der Waals surface area contributed by atoms with Crippen molar-refractivity contribution in [2.24, 2.45) is 4.99 Å². The van der Waals surface area contributed by atoms with Crippen molar-refractivity contribution in [1.29, 1.82) is 0 Å². The fourth-order valence-corrected chi connectivity index (χ4v) is 4.55. The Labute approximate surface area is 202 Å². The summed E-state index contributed by atoms with van der Waals surface area (Å²) in [6.45, 7) is 11.3. The van der Waals surface area contributed by atoms with E-state index in [0.29, 0.717) is 11.8 Å². The molecule has 0 atom stereocenters. The van der Waals surface area contributed by atoms with Crippen LogP contribution in [0.2, 0.25) is 5.15 Å². The maximum Gasteiger partial charge on any atom is 0.217 e. The number of pyridine rings is 1. The van der Waals surface area contributed by atoms with Crippen molar-refractivity contribution in [1.82, 2.24) is 4.98 Å². The highest BCUT2D eigenvalue weighted by molar-refractivity contribution is 6.30. The van der Waals surface area contributed by atoms with Crippen molar-refractivity contribution in [3.63, 3.8) is 0 Å². The lowest BCUT2D eigenvalue weighted by atomic mass is 9.93. The predicted molar refractivity (Wildman–Crippen MR) is 139 cm³/mol. The van der Waals surface area contributed by atoms with Gasteiger partial charge in [0.05, 0.1) is 5.54 Å². The first-order valence-electron chi connectivity index (χ1n) is 11.8. The normalized spacial score (nSPS) is 14.8. The molecule has 33 heavy (non-hydrogen) atoms. The minimum Gasteiger partial charge on any atom is -0.475 e. The molecule has 0 fully saturated rings. The van der Waals surface area contributed by atoms with Gasteiger partial charge in [-0.3, -0.25) is 0 Å². The maximum atomic E-state index is 6.42. The lowest BCUT2D eigenvalue weighted by Gasteiger charge is -2.16.